The van der Waals surface area contributed by atoms with E-state index in [1.165, 1.54) is 92.2 Å². The number of carboxylic acid groups (broad SMARTS) is 2. The van der Waals surface area contributed by atoms with E-state index in [1.807, 2.05) is 0 Å². The molecule has 0 saturated heterocycles. The van der Waals surface area contributed by atoms with Crippen LogP contribution in [0.25, 0.3) is 0 Å². The molecule has 0 bridgehead atoms. The molecule has 0 spiro atoms. The highest BCUT2D eigenvalue weighted by Gasteiger charge is 2.39. The van der Waals surface area contributed by atoms with Gasteiger partial charge in [0.2, 0.25) is 88.6 Å². The second-order valence-corrected chi connectivity index (χ2v) is 27.6. The predicted octanol–water partition coefficient (Wildman–Crippen LogP) is -9.48. The van der Waals surface area contributed by atoms with Crippen molar-refractivity contribution in [3.05, 3.63) is 108 Å². The number of carbonyl (C=O) groups is 17. The Morgan fingerprint density at radius 2 is 0.763 bits per heavy atom. The lowest BCUT2D eigenvalue weighted by atomic mass is 9.96. The van der Waals surface area contributed by atoms with Gasteiger partial charge in [-0.25, -0.2) is 9.78 Å². The number of hydrogen-bond acceptors (Lipinski definition) is 28. The monoisotopic (exact) mass is 1700 g/mol. The Kier molecular flexibility index (Phi) is 41.3. The summed E-state index contributed by atoms with van der Waals surface area (Å²) in [5.41, 5.74) is 6.61. The Morgan fingerprint density at radius 3 is 1.18 bits per heavy atom. The average molecular weight is 1700 g/mol. The Labute approximate surface area is 684 Å². The van der Waals surface area contributed by atoms with Gasteiger partial charge in [-0.2, -0.15) is 25.3 Å². The molecule has 0 aliphatic rings. The number of aliphatic carboxylic acids is 2. The van der Waals surface area contributed by atoms with Crippen molar-refractivity contribution < 1.29 is 127 Å². The number of aliphatic hydroxyl groups excluding tert-OH is 4. The van der Waals surface area contributed by atoms with Gasteiger partial charge in [0.25, 0.3) is 0 Å². The van der Waals surface area contributed by atoms with Crippen LogP contribution in [-0.4, -0.2) is 292 Å². The molecule has 46 heteroatoms. The van der Waals surface area contributed by atoms with E-state index >= 15 is 0 Å². The van der Waals surface area contributed by atoms with Crippen molar-refractivity contribution in [1.29, 1.82) is 0 Å². The topological polar surface area (TPSA) is 707 Å². The zero-order chi connectivity index (χ0) is 88.0. The molecule has 0 fully saturated rings. The number of nitrogens with two attached hydrogens (primary N) is 1. The summed E-state index contributed by atoms with van der Waals surface area (Å²) >= 11 is 7.77. The van der Waals surface area contributed by atoms with E-state index in [0.29, 0.717) is 5.56 Å². The normalized spacial score (nSPS) is 14.8. The van der Waals surface area contributed by atoms with E-state index < -0.39 is 256 Å². The molecule has 15 atom stereocenters. The Bertz CT molecular complexity index is 4110. The van der Waals surface area contributed by atoms with E-state index in [1.54, 1.807) is 6.92 Å². The van der Waals surface area contributed by atoms with E-state index in [-0.39, 0.29) is 64.8 Å². The number of phenols is 3. The lowest BCUT2D eigenvalue weighted by Gasteiger charge is -2.30. The molecule has 0 radical (unpaired) electrons. The summed E-state index contributed by atoms with van der Waals surface area (Å²) in [6.07, 6.45) is -2.07. The SMILES string of the molecule is CC[C@H](C)[C@H](NC(=O)[C@@H](NC(=O)[C@H](CO)NC(=O)CNC(=O)[C@@H](N)CS)[C@@H](C)O)C(=O)N[C@@H](Cc1ccc(O)cc1)C(=O)N[C@@H](C)C(=O)N[C@@H](CO)C(=O)N[C@@H](Cc1ccc(O)cc1)C(=O)N[C@@H](Cc1ccc(O)cc1)C(=O)N[C@@H](CCC(=O)O)C(=O)N[C@@H](CO)C(=O)NCC(=O)N[C@@H](Cc1c[nH]cn1)C(=O)NCC(=O)N[C@@H](CS)C(=O)O. The first-order valence-corrected chi connectivity index (χ1v) is 37.8. The summed E-state index contributed by atoms with van der Waals surface area (Å²) in [5, 5.41) is 125. The Balaban J connectivity index is 1.56. The van der Waals surface area contributed by atoms with Crippen molar-refractivity contribution in [3.8, 4) is 17.2 Å². The molecule has 4 aromatic rings. The summed E-state index contributed by atoms with van der Waals surface area (Å²) in [6.45, 7) is -0.386. The minimum atomic E-state index is -1.97. The average Bonchev–Trinajstić information content (AvgIpc) is 0.913. The van der Waals surface area contributed by atoms with Gasteiger partial charge in [0.1, 0.15) is 89.8 Å². The molecular formula is C72H100N18O26S2. The van der Waals surface area contributed by atoms with E-state index in [9.17, 15) is 127 Å². The van der Waals surface area contributed by atoms with Gasteiger partial charge < -0.3 is 136 Å². The number of hydrogen-bond donors (Lipinski definition) is 28. The van der Waals surface area contributed by atoms with Crippen molar-refractivity contribution in [2.24, 2.45) is 11.7 Å². The summed E-state index contributed by atoms with van der Waals surface area (Å²) in [4.78, 5) is 235. The quantitative estimate of drug-likeness (QED) is 0.0183. The summed E-state index contributed by atoms with van der Waals surface area (Å²) in [6, 6.07) is -6.36. The number of aromatic nitrogens is 2. The third-order valence-electron chi connectivity index (χ3n) is 17.6. The van der Waals surface area contributed by atoms with Gasteiger partial charge in [0.05, 0.1) is 63.6 Å². The summed E-state index contributed by atoms with van der Waals surface area (Å²) in [5.74, 6) is -21.2. The highest BCUT2D eigenvalue weighted by Crippen LogP contribution is 2.18. The highest BCUT2D eigenvalue weighted by molar-refractivity contribution is 7.80. The van der Waals surface area contributed by atoms with E-state index in [0.717, 1.165) is 13.8 Å². The maximum atomic E-state index is 14.8. The van der Waals surface area contributed by atoms with Gasteiger partial charge in [0, 0.05) is 49.8 Å². The van der Waals surface area contributed by atoms with E-state index in [2.05, 4.69) is 115 Å². The zero-order valence-corrected chi connectivity index (χ0v) is 66.0. The number of amides is 15. The van der Waals surface area contributed by atoms with Crippen LogP contribution in [0.3, 0.4) is 0 Å². The number of carboxylic acids is 2. The minimum Gasteiger partial charge on any atom is -0.508 e. The maximum Gasteiger partial charge on any atom is 0.327 e. The van der Waals surface area contributed by atoms with Crippen LogP contribution >= 0.6 is 25.3 Å². The van der Waals surface area contributed by atoms with Gasteiger partial charge in [-0.05, 0) is 79.3 Å². The third kappa shape index (κ3) is 33.5. The number of imidazole rings is 1. The molecule has 1 aromatic heterocycles. The van der Waals surface area contributed by atoms with Gasteiger partial charge in [-0.3, -0.25) is 76.7 Å². The predicted molar refractivity (Wildman–Crippen MR) is 418 cm³/mol. The molecule has 646 valence electrons. The molecule has 44 nitrogen and oxygen atoms in total. The fourth-order valence-electron chi connectivity index (χ4n) is 10.7. The van der Waals surface area contributed by atoms with Crippen LogP contribution in [0.1, 0.15) is 69.3 Å². The zero-order valence-electron chi connectivity index (χ0n) is 64.2. The number of nitrogens with one attached hydrogen (secondary N) is 16. The molecule has 0 unspecified atom stereocenters. The number of phenolic OH excluding ortho intramolecular Hbond substituents is 3. The Hall–Kier alpha value is -12.2. The van der Waals surface area contributed by atoms with Crippen LogP contribution in [0.4, 0.5) is 0 Å². The van der Waals surface area contributed by atoms with Crippen LogP contribution in [-0.2, 0) is 107 Å². The lowest BCUT2D eigenvalue weighted by molar-refractivity contribution is -0.141. The summed E-state index contributed by atoms with van der Waals surface area (Å²) < 4.78 is 0. The number of carbonyl (C=O) groups excluding carboxylic acids is 15. The number of rotatable bonds is 50. The van der Waals surface area contributed by atoms with Crippen molar-refractivity contribution in [2.45, 2.75) is 157 Å². The Morgan fingerprint density at radius 1 is 0.415 bits per heavy atom. The molecule has 3 aromatic carbocycles. The first kappa shape index (κ1) is 98.1. The van der Waals surface area contributed by atoms with Crippen molar-refractivity contribution in [1.82, 2.24) is 89.7 Å². The van der Waals surface area contributed by atoms with Crippen LogP contribution < -0.4 is 85.5 Å². The minimum absolute atomic E-state index is 0.0643. The molecule has 0 aliphatic heterocycles. The number of aromatic amines is 1. The van der Waals surface area contributed by atoms with Crippen molar-refractivity contribution in [2.75, 3.05) is 51.0 Å². The van der Waals surface area contributed by atoms with Crippen molar-refractivity contribution >= 4 is 126 Å². The van der Waals surface area contributed by atoms with Crippen LogP contribution in [0.15, 0.2) is 85.3 Å². The van der Waals surface area contributed by atoms with Crippen LogP contribution in [0, 0.1) is 5.92 Å². The molecular weight excluding hydrogens is 1600 g/mol. The first-order chi connectivity index (χ1) is 55.8. The van der Waals surface area contributed by atoms with Gasteiger partial charge >= 0.3 is 11.9 Å². The fourth-order valence-corrected chi connectivity index (χ4v) is 11.1. The molecule has 1 heterocycles. The van der Waals surface area contributed by atoms with Gasteiger partial charge in [-0.15, -0.1) is 0 Å². The second kappa shape index (κ2) is 49.6. The number of H-pyrrole nitrogens is 1. The number of thiol groups is 2. The number of benzene rings is 3. The molecule has 118 heavy (non-hydrogen) atoms. The highest BCUT2D eigenvalue weighted by atomic mass is 32.1. The third-order valence-corrected chi connectivity index (χ3v) is 18.4. The largest absolute Gasteiger partial charge is 0.508 e. The first-order valence-electron chi connectivity index (χ1n) is 36.5. The lowest BCUT2D eigenvalue weighted by Crippen LogP contribution is -2.63. The standard InChI is InChI=1S/C72H100N18O26S2/c1-5-34(2)58(89-71(114)59(36(4)94)90-69(112)51(29-92)81-55(99)25-75-61(104)44(73)31-117)70(113)86-46(20-37-6-12-41(95)13-7-37)65(108)79-35(3)60(103)87-52(30-93)68(111)85-48(22-39-10-16-43(97)17-11-39)67(110)84-47(21-38-8-14-42(96)15-9-38)66(109)83-45(18-19-57(101)102)64(107)88-50(28-91)63(106)77-26-54(98)80-49(23-40-24-74-33-78-40)62(105)76-27-56(100)82-53(32-118)72(115)116/h6-17,24,33-36,44-53,58-59,91-97,117-118H,5,18-23,25-32,73H2,1-4H3,(H,74,78)(H,75,104)(H,76,105)(H,77,106)(H,79,108)(H,80,98)(H,81,99)(H,82,100)(H,83,109)(H,84,110)(H,85,111)(H,86,113)(H,87,103)(H,88,107)(H,89,114)(H,90,112)(H,101,102)(H,115,116)/t34-,35-,36+,44-,45-,46-,47-,48-,49-,50-,51-,52-,53-,58-,59-/m0/s1. The number of aliphatic hydroxyl groups is 4. The fraction of sp³-hybridized carbons (Fsp3) is 0.472. The number of aromatic hydroxyl groups is 3. The second-order valence-electron chi connectivity index (χ2n) is 26.9. The van der Waals surface area contributed by atoms with E-state index in [4.69, 9.17) is 5.73 Å². The van der Waals surface area contributed by atoms with Gasteiger partial charge in [-0.1, -0.05) is 56.7 Å². The van der Waals surface area contributed by atoms with Crippen LogP contribution in [0.5, 0.6) is 17.2 Å². The smallest absolute Gasteiger partial charge is 0.327 e. The summed E-state index contributed by atoms with van der Waals surface area (Å²) in [7, 11) is 0. The maximum absolute atomic E-state index is 14.8. The molecule has 0 saturated carbocycles. The molecule has 15 amide bonds. The molecule has 0 aliphatic carbocycles. The molecule has 4 rings (SSSR count). The van der Waals surface area contributed by atoms with Crippen LogP contribution in [0.2, 0.25) is 0 Å². The molecule has 27 N–H and O–H groups in total. The van der Waals surface area contributed by atoms with Crippen molar-refractivity contribution in [3.63, 3.8) is 0 Å². The van der Waals surface area contributed by atoms with Gasteiger partial charge in [0.15, 0.2) is 0 Å². The number of nitrogens with zero attached hydrogens (tertiary/aromatic N) is 1.